The normalized spacial score (nSPS) is 18.2. The van der Waals surface area contributed by atoms with E-state index in [1.54, 1.807) is 13.8 Å². The van der Waals surface area contributed by atoms with Gasteiger partial charge in [0.2, 0.25) is 5.91 Å². The highest BCUT2D eigenvalue weighted by Gasteiger charge is 2.31. The van der Waals surface area contributed by atoms with Crippen LogP contribution in [-0.2, 0) is 14.4 Å². The average Bonchev–Trinajstić information content (AvgIpc) is 2.55. The Morgan fingerprint density at radius 2 is 1.58 bits per heavy atom. The molecule has 0 bridgehead atoms. The Labute approximate surface area is 142 Å². The third-order valence-electron chi connectivity index (χ3n) is 4.24. The maximum absolute atomic E-state index is 12.0. The van der Waals surface area contributed by atoms with Crippen LogP contribution < -0.4 is 5.32 Å². The van der Waals surface area contributed by atoms with Crippen LogP contribution in [0, 0.1) is 17.8 Å². The van der Waals surface area contributed by atoms with Gasteiger partial charge in [-0.2, -0.15) is 0 Å². The van der Waals surface area contributed by atoms with Gasteiger partial charge in [0.1, 0.15) is 0 Å². The molecule has 7 nitrogen and oxygen atoms in total. The van der Waals surface area contributed by atoms with E-state index >= 15 is 0 Å². The van der Waals surface area contributed by atoms with Gasteiger partial charge in [0, 0.05) is 5.92 Å². The van der Waals surface area contributed by atoms with Gasteiger partial charge < -0.3 is 20.6 Å². The van der Waals surface area contributed by atoms with Gasteiger partial charge in [0.25, 0.3) is 0 Å². The van der Waals surface area contributed by atoms with Crippen LogP contribution in [0.15, 0.2) is 11.6 Å². The molecule has 7 heteroatoms. The number of hydrogen-bond acceptors (Lipinski definition) is 5. The number of hydrogen-bond donors (Lipinski definition) is 4. The number of carboxylic acids is 1. The quantitative estimate of drug-likeness (QED) is 0.434. The number of amides is 1. The number of aliphatic carboxylic acids is 1. The summed E-state index contributed by atoms with van der Waals surface area (Å²) in [6.45, 7) is 7.63. The summed E-state index contributed by atoms with van der Waals surface area (Å²) in [7, 11) is 0. The van der Waals surface area contributed by atoms with Crippen molar-refractivity contribution in [3.63, 3.8) is 0 Å². The Hall–Kier alpha value is -1.73. The van der Waals surface area contributed by atoms with Crippen molar-refractivity contribution in [2.75, 3.05) is 6.54 Å². The molecule has 0 spiro atoms. The summed E-state index contributed by atoms with van der Waals surface area (Å²) in [6, 6.07) is 0. The number of allylic oxidation sites excluding steroid dienone is 1. The third kappa shape index (κ3) is 6.41. The van der Waals surface area contributed by atoms with Gasteiger partial charge in [-0.1, -0.05) is 26.8 Å². The predicted molar refractivity (Wildman–Crippen MR) is 89.2 cm³/mol. The second kappa shape index (κ2) is 10.2. The van der Waals surface area contributed by atoms with Gasteiger partial charge in [0.05, 0.1) is 30.6 Å². The molecule has 0 heterocycles. The Morgan fingerprint density at radius 3 is 2.04 bits per heavy atom. The number of carbonyl (C=O) groups excluding carboxylic acids is 2. The van der Waals surface area contributed by atoms with Gasteiger partial charge in [0.15, 0.2) is 5.78 Å². The van der Waals surface area contributed by atoms with Gasteiger partial charge >= 0.3 is 5.97 Å². The van der Waals surface area contributed by atoms with E-state index in [9.17, 15) is 24.6 Å². The molecule has 0 unspecified atom stereocenters. The molecule has 0 saturated carbocycles. The first-order chi connectivity index (χ1) is 11.0. The van der Waals surface area contributed by atoms with Gasteiger partial charge in [-0.25, -0.2) is 0 Å². The number of aliphatic hydroxyl groups is 2. The summed E-state index contributed by atoms with van der Waals surface area (Å²) >= 11 is 0. The van der Waals surface area contributed by atoms with E-state index in [1.807, 2.05) is 13.0 Å². The molecule has 0 aliphatic rings. The molecular weight excluding hydrogens is 314 g/mol. The fraction of sp³-hybridized carbons (Fsp3) is 0.706. The lowest BCUT2D eigenvalue weighted by molar-refractivity contribution is -0.147. The first-order valence-electron chi connectivity index (χ1n) is 8.10. The molecule has 1 amide bonds. The number of ketones is 1. The standard InChI is InChI=1S/C17H29NO6/c1-6-7-9(2)14(20)11(4)16(22)18-8-13(19)10(3)15(21)12(5)17(23)24/h7,10-12,14-15,20-21H,6,8H2,1-5H3,(H,18,22)(H,23,24)/b9-7+/t10-,11-,12-,14+,15-/m1/s1. The summed E-state index contributed by atoms with van der Waals surface area (Å²) in [4.78, 5) is 34.9. The molecule has 0 rings (SSSR count). The zero-order chi connectivity index (χ0) is 19.0. The summed E-state index contributed by atoms with van der Waals surface area (Å²) in [5, 5.41) is 31.2. The Bertz CT molecular complexity index is 487. The highest BCUT2D eigenvalue weighted by molar-refractivity contribution is 5.89. The number of rotatable bonds is 10. The first kappa shape index (κ1) is 22.3. The molecular formula is C17H29NO6. The van der Waals surface area contributed by atoms with E-state index < -0.39 is 47.6 Å². The average molecular weight is 343 g/mol. The fourth-order valence-corrected chi connectivity index (χ4v) is 2.25. The minimum atomic E-state index is -1.33. The van der Waals surface area contributed by atoms with Crippen molar-refractivity contribution in [3.05, 3.63) is 11.6 Å². The van der Waals surface area contributed by atoms with E-state index in [0.29, 0.717) is 5.57 Å². The lowest BCUT2D eigenvalue weighted by atomic mass is 9.90. The minimum Gasteiger partial charge on any atom is -0.481 e. The van der Waals surface area contributed by atoms with E-state index in [1.165, 1.54) is 13.8 Å². The van der Waals surface area contributed by atoms with Crippen molar-refractivity contribution < 1.29 is 29.7 Å². The van der Waals surface area contributed by atoms with Crippen LogP contribution in [0.1, 0.15) is 41.0 Å². The van der Waals surface area contributed by atoms with Gasteiger partial charge in [-0.15, -0.1) is 0 Å². The van der Waals surface area contributed by atoms with Crippen LogP contribution in [0.25, 0.3) is 0 Å². The van der Waals surface area contributed by atoms with Crippen LogP contribution in [0.2, 0.25) is 0 Å². The second-order valence-electron chi connectivity index (χ2n) is 6.18. The van der Waals surface area contributed by atoms with E-state index in [-0.39, 0.29) is 6.54 Å². The Kier molecular flexibility index (Phi) is 9.47. The molecule has 0 aromatic rings. The maximum Gasteiger partial charge on any atom is 0.308 e. The van der Waals surface area contributed by atoms with Crippen LogP contribution in [0.5, 0.6) is 0 Å². The zero-order valence-corrected chi connectivity index (χ0v) is 14.9. The van der Waals surface area contributed by atoms with Crippen LogP contribution in [-0.4, -0.2) is 51.7 Å². The SMILES string of the molecule is CC/C=C(\C)[C@H](O)[C@@H](C)C(=O)NCC(=O)[C@@H](C)[C@@H](O)[C@@H](C)C(=O)O. The number of carbonyl (C=O) groups is 3. The minimum absolute atomic E-state index is 0.322. The first-order valence-corrected chi connectivity index (χ1v) is 8.10. The smallest absolute Gasteiger partial charge is 0.308 e. The van der Waals surface area contributed by atoms with E-state index in [4.69, 9.17) is 5.11 Å². The molecule has 5 atom stereocenters. The van der Waals surface area contributed by atoms with Crippen molar-refractivity contribution >= 4 is 17.7 Å². The zero-order valence-electron chi connectivity index (χ0n) is 14.9. The van der Waals surface area contributed by atoms with Crippen LogP contribution >= 0.6 is 0 Å². The molecule has 0 aliphatic heterocycles. The van der Waals surface area contributed by atoms with Gasteiger partial charge in [-0.05, 0) is 25.8 Å². The number of aliphatic hydroxyl groups excluding tert-OH is 2. The Balaban J connectivity index is 4.62. The summed E-state index contributed by atoms with van der Waals surface area (Å²) < 4.78 is 0. The van der Waals surface area contributed by atoms with Crippen LogP contribution in [0.4, 0.5) is 0 Å². The number of Topliss-reactive ketones (excluding diaryl/α,β-unsaturated/α-hetero) is 1. The molecule has 0 aromatic carbocycles. The molecule has 0 saturated heterocycles. The summed E-state index contributed by atoms with van der Waals surface area (Å²) in [5.74, 6) is -4.86. The molecule has 4 N–H and O–H groups in total. The summed E-state index contributed by atoms with van der Waals surface area (Å²) in [5.41, 5.74) is 0.686. The topological polar surface area (TPSA) is 124 Å². The maximum atomic E-state index is 12.0. The molecule has 0 aliphatic carbocycles. The molecule has 138 valence electrons. The molecule has 0 aromatic heterocycles. The highest BCUT2D eigenvalue weighted by Crippen LogP contribution is 2.15. The van der Waals surface area contributed by atoms with E-state index in [2.05, 4.69) is 5.32 Å². The monoisotopic (exact) mass is 343 g/mol. The number of carboxylic acid groups (broad SMARTS) is 1. The van der Waals surface area contributed by atoms with Gasteiger partial charge in [-0.3, -0.25) is 14.4 Å². The lowest BCUT2D eigenvalue weighted by Gasteiger charge is -2.22. The highest BCUT2D eigenvalue weighted by atomic mass is 16.4. The Morgan fingerprint density at radius 1 is 1.04 bits per heavy atom. The molecule has 24 heavy (non-hydrogen) atoms. The summed E-state index contributed by atoms with van der Waals surface area (Å²) in [6.07, 6.45) is 0.304. The number of nitrogens with one attached hydrogen (secondary N) is 1. The van der Waals surface area contributed by atoms with Crippen LogP contribution in [0.3, 0.4) is 0 Å². The van der Waals surface area contributed by atoms with Crippen molar-refractivity contribution in [1.29, 1.82) is 0 Å². The molecule has 0 fully saturated rings. The third-order valence-corrected chi connectivity index (χ3v) is 4.24. The van der Waals surface area contributed by atoms with Crippen molar-refractivity contribution in [2.45, 2.75) is 53.2 Å². The van der Waals surface area contributed by atoms with Crippen molar-refractivity contribution in [3.8, 4) is 0 Å². The van der Waals surface area contributed by atoms with Crippen molar-refractivity contribution in [1.82, 2.24) is 5.32 Å². The van der Waals surface area contributed by atoms with E-state index in [0.717, 1.165) is 6.42 Å². The fourth-order valence-electron chi connectivity index (χ4n) is 2.25. The second-order valence-corrected chi connectivity index (χ2v) is 6.18. The van der Waals surface area contributed by atoms with Crippen molar-refractivity contribution in [2.24, 2.45) is 17.8 Å². The lowest BCUT2D eigenvalue weighted by Crippen LogP contribution is -2.43. The predicted octanol–water partition coefficient (Wildman–Crippen LogP) is 0.743. The largest absolute Gasteiger partial charge is 0.481 e. The molecule has 0 radical (unpaired) electrons.